The molecule has 0 aliphatic rings. The molecule has 1 amide bonds. The fourth-order valence-electron chi connectivity index (χ4n) is 1.48. The lowest BCUT2D eigenvalue weighted by Crippen LogP contribution is -2.15. The lowest BCUT2D eigenvalue weighted by Gasteiger charge is -2.06. The Hall–Kier alpha value is -2.88. The zero-order valence-electron chi connectivity index (χ0n) is 9.56. The predicted octanol–water partition coefficient (Wildman–Crippen LogP) is 0.819. The van der Waals surface area contributed by atoms with Gasteiger partial charge in [0, 0.05) is 0 Å². The second-order valence-corrected chi connectivity index (χ2v) is 3.61. The molecule has 18 heavy (non-hydrogen) atoms. The molecule has 0 bridgehead atoms. The van der Waals surface area contributed by atoms with Gasteiger partial charge in [0.2, 0.25) is 11.8 Å². The Kier molecular flexibility index (Phi) is 2.93. The molecule has 0 atom stereocenters. The molecule has 0 saturated heterocycles. The van der Waals surface area contributed by atoms with E-state index >= 15 is 0 Å². The number of hydrogen-bond donors (Lipinski definition) is 3. The van der Waals surface area contributed by atoms with Crippen LogP contribution >= 0.6 is 0 Å². The summed E-state index contributed by atoms with van der Waals surface area (Å²) in [5, 5.41) is 17.6. The maximum absolute atomic E-state index is 11.8. The summed E-state index contributed by atoms with van der Waals surface area (Å²) in [7, 11) is 0. The van der Waals surface area contributed by atoms with Crippen LogP contribution in [0.5, 0.6) is 0 Å². The van der Waals surface area contributed by atoms with Gasteiger partial charge >= 0.3 is 0 Å². The number of nitrogens with one attached hydrogen (secondary N) is 2. The summed E-state index contributed by atoms with van der Waals surface area (Å²) in [6.07, 6.45) is 0. The van der Waals surface area contributed by atoms with E-state index in [0.717, 1.165) is 5.56 Å². The smallest absolute Gasteiger partial charge is 0.293 e. The minimum Gasteiger partial charge on any atom is -0.366 e. The molecule has 0 aliphatic heterocycles. The van der Waals surface area contributed by atoms with Crippen molar-refractivity contribution in [3.05, 3.63) is 35.2 Å². The Bertz CT molecular complexity index is 639. The first kappa shape index (κ1) is 11.6. The molecule has 7 heteroatoms. The number of rotatable bonds is 2. The largest absolute Gasteiger partial charge is 0.366 e. The van der Waals surface area contributed by atoms with Crippen LogP contribution in [0.4, 0.5) is 11.6 Å². The Morgan fingerprint density at radius 3 is 2.94 bits per heavy atom. The van der Waals surface area contributed by atoms with Gasteiger partial charge in [-0.15, -0.1) is 5.10 Å². The van der Waals surface area contributed by atoms with Gasteiger partial charge in [0.25, 0.3) is 5.91 Å². The number of nitriles is 1. The molecule has 0 spiro atoms. The second-order valence-electron chi connectivity index (χ2n) is 3.61. The Morgan fingerprint density at radius 1 is 1.56 bits per heavy atom. The summed E-state index contributed by atoms with van der Waals surface area (Å²) in [5.74, 6) is -0.510. The third kappa shape index (κ3) is 2.12. The zero-order chi connectivity index (χ0) is 13.1. The van der Waals surface area contributed by atoms with Gasteiger partial charge in [0.1, 0.15) is 6.07 Å². The third-order valence-electron chi connectivity index (χ3n) is 2.35. The molecule has 1 aromatic heterocycles. The van der Waals surface area contributed by atoms with Gasteiger partial charge in [-0.2, -0.15) is 10.2 Å². The molecule has 2 aromatic rings. The van der Waals surface area contributed by atoms with Gasteiger partial charge in [-0.25, -0.2) is 0 Å². The summed E-state index contributed by atoms with van der Waals surface area (Å²) in [6.45, 7) is 1.79. The van der Waals surface area contributed by atoms with E-state index in [-0.39, 0.29) is 11.8 Å². The van der Waals surface area contributed by atoms with E-state index in [1.54, 1.807) is 25.1 Å². The van der Waals surface area contributed by atoms with Crippen molar-refractivity contribution < 1.29 is 4.79 Å². The van der Waals surface area contributed by atoms with Crippen LogP contribution in [0.2, 0.25) is 0 Å². The van der Waals surface area contributed by atoms with Crippen LogP contribution in [0.3, 0.4) is 0 Å². The molecule has 0 radical (unpaired) electrons. The monoisotopic (exact) mass is 242 g/mol. The number of amides is 1. The van der Waals surface area contributed by atoms with Crippen molar-refractivity contribution in [1.82, 2.24) is 15.2 Å². The molecule has 0 aliphatic carbocycles. The van der Waals surface area contributed by atoms with Crippen molar-refractivity contribution in [3.8, 4) is 6.07 Å². The Morgan fingerprint density at radius 2 is 2.33 bits per heavy atom. The fraction of sp³-hybridized carbons (Fsp3) is 0.0909. The zero-order valence-corrected chi connectivity index (χ0v) is 9.56. The van der Waals surface area contributed by atoms with Gasteiger partial charge in [0.05, 0.1) is 11.3 Å². The van der Waals surface area contributed by atoms with Gasteiger partial charge in [-0.3, -0.25) is 9.89 Å². The quantitative estimate of drug-likeness (QED) is 0.719. The highest BCUT2D eigenvalue weighted by Crippen LogP contribution is 2.18. The minimum absolute atomic E-state index is 0.00195. The average Bonchev–Trinajstić information content (AvgIpc) is 2.76. The van der Waals surface area contributed by atoms with Crippen LogP contribution in [-0.4, -0.2) is 21.1 Å². The summed E-state index contributed by atoms with van der Waals surface area (Å²) < 4.78 is 0. The van der Waals surface area contributed by atoms with Crippen molar-refractivity contribution in [2.75, 3.05) is 11.1 Å². The molecule has 4 N–H and O–H groups in total. The number of nitrogen functional groups attached to an aromatic ring is 1. The highest BCUT2D eigenvalue weighted by molar-refractivity contribution is 6.02. The molecule has 0 fully saturated rings. The number of carbonyl (C=O) groups is 1. The van der Waals surface area contributed by atoms with E-state index in [1.165, 1.54) is 0 Å². The molecule has 0 saturated carbocycles. The van der Waals surface area contributed by atoms with E-state index in [2.05, 4.69) is 20.5 Å². The maximum atomic E-state index is 11.8. The first-order valence-electron chi connectivity index (χ1n) is 5.10. The van der Waals surface area contributed by atoms with E-state index in [1.807, 2.05) is 6.07 Å². The number of benzene rings is 1. The number of nitrogens with zero attached hydrogens (tertiary/aromatic N) is 3. The summed E-state index contributed by atoms with van der Waals surface area (Å²) in [4.78, 5) is 15.5. The first-order chi connectivity index (χ1) is 8.61. The topological polar surface area (TPSA) is 120 Å². The van der Waals surface area contributed by atoms with Crippen LogP contribution in [0.1, 0.15) is 21.7 Å². The van der Waals surface area contributed by atoms with Crippen molar-refractivity contribution in [2.24, 2.45) is 0 Å². The van der Waals surface area contributed by atoms with Gasteiger partial charge in [-0.1, -0.05) is 12.1 Å². The van der Waals surface area contributed by atoms with Gasteiger partial charge < -0.3 is 11.1 Å². The Balaban J connectivity index is 2.28. The minimum atomic E-state index is -0.499. The van der Waals surface area contributed by atoms with Crippen LogP contribution in [-0.2, 0) is 0 Å². The Labute approximate surface area is 103 Å². The molecule has 1 aromatic carbocycles. The normalized spacial score (nSPS) is 9.78. The van der Waals surface area contributed by atoms with Crippen LogP contribution in [0.25, 0.3) is 0 Å². The number of hydrogen-bond acceptors (Lipinski definition) is 5. The summed E-state index contributed by atoms with van der Waals surface area (Å²) in [5.41, 5.74) is 6.93. The van der Waals surface area contributed by atoms with E-state index in [9.17, 15) is 4.79 Å². The lowest BCUT2D eigenvalue weighted by atomic mass is 10.1. The van der Waals surface area contributed by atoms with Crippen molar-refractivity contribution in [3.63, 3.8) is 0 Å². The average molecular weight is 242 g/mol. The highest BCUT2D eigenvalue weighted by atomic mass is 16.2. The second kappa shape index (κ2) is 4.55. The number of aryl methyl sites for hydroxylation is 1. The predicted molar refractivity (Wildman–Crippen MR) is 64.6 cm³/mol. The molecular formula is C11H10N6O. The number of aromatic nitrogens is 3. The third-order valence-corrected chi connectivity index (χ3v) is 2.35. The van der Waals surface area contributed by atoms with Crippen LogP contribution in [0, 0.1) is 18.3 Å². The maximum Gasteiger partial charge on any atom is 0.293 e. The summed E-state index contributed by atoms with van der Waals surface area (Å²) in [6, 6.07) is 7.23. The van der Waals surface area contributed by atoms with Crippen molar-refractivity contribution >= 4 is 17.5 Å². The van der Waals surface area contributed by atoms with Gasteiger partial charge in [-0.05, 0) is 18.6 Å². The number of H-pyrrole nitrogens is 1. The van der Waals surface area contributed by atoms with E-state index in [0.29, 0.717) is 11.3 Å². The molecule has 0 unspecified atom stereocenters. The highest BCUT2D eigenvalue weighted by Gasteiger charge is 2.13. The molecule has 2 rings (SSSR count). The lowest BCUT2D eigenvalue weighted by molar-refractivity contribution is 0.101. The number of anilines is 2. The van der Waals surface area contributed by atoms with Gasteiger partial charge in [0.15, 0.2) is 0 Å². The number of carbonyl (C=O) groups excluding carboxylic acids is 1. The first-order valence-corrected chi connectivity index (χ1v) is 5.10. The number of nitrogens with two attached hydrogens (primary N) is 1. The van der Waals surface area contributed by atoms with E-state index in [4.69, 9.17) is 11.0 Å². The standard InChI is InChI=1S/C11H10N6O/c1-6-3-2-4-8(7(6)5-12)14-10(18)9-15-11(13)17-16-9/h2-4H,1H3,(H,14,18)(H3,13,15,16,17). The molecule has 90 valence electrons. The SMILES string of the molecule is Cc1cccc(NC(=O)c2nc(N)n[nH]2)c1C#N. The van der Waals surface area contributed by atoms with Crippen molar-refractivity contribution in [2.45, 2.75) is 6.92 Å². The van der Waals surface area contributed by atoms with E-state index < -0.39 is 5.91 Å². The number of aromatic amines is 1. The molecular weight excluding hydrogens is 232 g/mol. The molecule has 1 heterocycles. The fourth-order valence-corrected chi connectivity index (χ4v) is 1.48. The van der Waals surface area contributed by atoms with Crippen LogP contribution in [0.15, 0.2) is 18.2 Å². The molecule has 7 nitrogen and oxygen atoms in total. The summed E-state index contributed by atoms with van der Waals surface area (Å²) >= 11 is 0. The van der Waals surface area contributed by atoms with Crippen molar-refractivity contribution in [1.29, 1.82) is 5.26 Å². The van der Waals surface area contributed by atoms with Crippen LogP contribution < -0.4 is 11.1 Å².